The lowest BCUT2D eigenvalue weighted by atomic mass is 9.63. The number of hydrogen-bond donors (Lipinski definition) is 0. The molecule has 4 aromatic heterocycles. The molecule has 0 atom stereocenters. The Morgan fingerprint density at radius 2 is 0.582 bits per heavy atom. The molecule has 22 heteroatoms. The predicted molar refractivity (Wildman–Crippen MR) is 294 cm³/mol. The molecular weight excluding hydrogens is 798 g/mol. The van der Waals surface area contributed by atoms with Crippen molar-refractivity contribution in [3.8, 4) is 29.0 Å². The van der Waals surface area contributed by atoms with Crippen molar-refractivity contribution in [2.24, 2.45) is 0 Å². The van der Waals surface area contributed by atoms with Crippen LogP contribution in [0.1, 0.15) is 0 Å². The van der Waals surface area contributed by atoms with Crippen LogP contribution in [0.5, 0.6) is 0 Å². The van der Waals surface area contributed by atoms with E-state index in [0.717, 1.165) is 21.8 Å². The first-order valence-corrected chi connectivity index (χ1v) is 20.5. The summed E-state index contributed by atoms with van der Waals surface area (Å²) < 4.78 is 5.17. The van der Waals surface area contributed by atoms with Gasteiger partial charge in [-0.05, 0) is 45.8 Å². The molecule has 32 radical (unpaired) electrons. The lowest BCUT2D eigenvalue weighted by molar-refractivity contribution is 0.894. The van der Waals surface area contributed by atoms with E-state index >= 15 is 0 Å². The summed E-state index contributed by atoms with van der Waals surface area (Å²) >= 11 is 0. The molecule has 0 unspecified atom stereocenters. The average molecular weight is 810 g/mol. The van der Waals surface area contributed by atoms with Crippen molar-refractivity contribution in [3.05, 3.63) is 72.8 Å². The van der Waals surface area contributed by atoms with Crippen LogP contribution >= 0.6 is 0 Å². The Balaban J connectivity index is 1.38. The third-order valence-corrected chi connectivity index (χ3v) is 12.9. The molecule has 0 aliphatic carbocycles. The van der Waals surface area contributed by atoms with Crippen LogP contribution in [0, 0.1) is 0 Å². The number of nitrogens with zero attached hydrogens (tertiary/aromatic N) is 6. The van der Waals surface area contributed by atoms with Crippen LogP contribution in [0.25, 0.3) is 94.4 Å². The molecule has 6 nitrogen and oxygen atoms in total. The molecule has 0 amide bonds. The van der Waals surface area contributed by atoms with Crippen molar-refractivity contribution in [1.29, 1.82) is 0 Å². The fourth-order valence-electron chi connectivity index (χ4n) is 9.54. The lowest BCUT2D eigenvalue weighted by Gasteiger charge is -2.20. The Morgan fingerprint density at radius 1 is 0.284 bits per heavy atom. The van der Waals surface area contributed by atoms with Crippen molar-refractivity contribution in [1.82, 2.24) is 28.7 Å². The SMILES string of the molecule is [B]c1c([B])c([B])c2c(c1[B])c1c([B])c([B])c([B])c([B])c1n2-c1nc(-c2ccccc2-n2c3ccccc3c3ccccc32)nc(-n2c3c([B])c([B])c([B])c([B])c3c3c([B])c([B])c([B])c([B])c32)n1. The van der Waals surface area contributed by atoms with Crippen LogP contribution in [0.4, 0.5) is 0 Å². The van der Waals surface area contributed by atoms with Gasteiger partial charge in [-0.1, -0.05) is 92.2 Å². The molecule has 0 saturated heterocycles. The van der Waals surface area contributed by atoms with Gasteiger partial charge in [-0.25, -0.2) is 0 Å². The number of para-hydroxylation sites is 3. The van der Waals surface area contributed by atoms with Gasteiger partial charge in [0.05, 0.1) is 16.7 Å². The summed E-state index contributed by atoms with van der Waals surface area (Å²) in [7, 11) is 107. The zero-order chi connectivity index (χ0) is 47.4. The monoisotopic (exact) mass is 812 g/mol. The van der Waals surface area contributed by atoms with Gasteiger partial charge in [0, 0.05) is 38.4 Å². The van der Waals surface area contributed by atoms with E-state index < -0.39 is 0 Å². The van der Waals surface area contributed by atoms with Gasteiger partial charge in [-0.15, -0.1) is 43.7 Å². The van der Waals surface area contributed by atoms with Crippen molar-refractivity contribution in [2.75, 3.05) is 0 Å². The minimum absolute atomic E-state index is 0.00493. The summed E-state index contributed by atoms with van der Waals surface area (Å²) in [5.41, 5.74) is 3.64. The first kappa shape index (κ1) is 43.6. The summed E-state index contributed by atoms with van der Waals surface area (Å²) in [6, 6.07) is 23.7. The standard InChI is InChI=1S/C45H12B16N6/c46-23-19-20-24(47)28(51)32(55)36(59)40(20)66(39(19)35(58)31(54)27(23)50)44-62-43(15-9-3-6-12-18(15)65-16-10-4-1-7-13(16)14-8-2-5-11-17(14)65)63-45(64-44)67-41-21(25(48)29(52)33(56)37(41)60)22-26(49)30(53)34(57)38(61)42(22)67/h1-12H. The molecule has 0 spiro atoms. The highest BCUT2D eigenvalue weighted by atomic mass is 15.3. The third-order valence-electron chi connectivity index (χ3n) is 12.9. The Labute approximate surface area is 406 Å². The van der Waals surface area contributed by atoms with Crippen LogP contribution in [-0.4, -0.2) is 154 Å². The first-order chi connectivity index (χ1) is 32.0. The molecule has 0 fully saturated rings. The summed E-state index contributed by atoms with van der Waals surface area (Å²) in [6.45, 7) is 0. The molecule has 0 N–H and O–H groups in total. The van der Waals surface area contributed by atoms with Crippen molar-refractivity contribution in [2.45, 2.75) is 0 Å². The second kappa shape index (κ2) is 15.3. The molecule has 0 aliphatic rings. The highest BCUT2D eigenvalue weighted by Crippen LogP contribution is 2.36. The Morgan fingerprint density at radius 3 is 0.940 bits per heavy atom. The van der Waals surface area contributed by atoms with Gasteiger partial charge >= 0.3 is 0 Å². The fourth-order valence-corrected chi connectivity index (χ4v) is 9.54. The maximum absolute atomic E-state index is 6.91. The van der Waals surface area contributed by atoms with E-state index in [1.54, 1.807) is 0 Å². The minimum Gasteiger partial charge on any atom is -0.309 e. The first-order valence-electron chi connectivity index (χ1n) is 20.5. The third kappa shape index (κ3) is 5.77. The van der Waals surface area contributed by atoms with Crippen LogP contribution in [-0.2, 0) is 0 Å². The summed E-state index contributed by atoms with van der Waals surface area (Å²) in [5.74, 6) is -0.109. The number of aromatic nitrogens is 6. The van der Waals surface area contributed by atoms with E-state index in [-0.39, 0.29) is 149 Å². The van der Waals surface area contributed by atoms with E-state index in [1.807, 2.05) is 60.7 Å². The molecule has 11 aromatic rings. The molecule has 0 saturated carbocycles. The number of hydrogen-bond acceptors (Lipinski definition) is 3. The maximum atomic E-state index is 6.91. The molecule has 4 heterocycles. The number of benzene rings is 7. The quantitative estimate of drug-likeness (QED) is 0.166. The molecule has 270 valence electrons. The van der Waals surface area contributed by atoms with Crippen LogP contribution in [0.3, 0.4) is 0 Å². The van der Waals surface area contributed by atoms with Gasteiger partial charge in [-0.3, -0.25) is 9.13 Å². The van der Waals surface area contributed by atoms with Gasteiger partial charge in [-0.2, -0.15) is 15.0 Å². The summed E-state index contributed by atoms with van der Waals surface area (Å²) in [5, 5.41) is 3.04. The van der Waals surface area contributed by atoms with Gasteiger partial charge < -0.3 is 4.57 Å². The van der Waals surface area contributed by atoms with E-state index in [9.17, 15) is 0 Å². The predicted octanol–water partition coefficient (Wildman–Crippen LogP) is -8.47. The van der Waals surface area contributed by atoms with E-state index in [0.29, 0.717) is 11.3 Å². The second-order valence-electron chi connectivity index (χ2n) is 16.3. The fraction of sp³-hybridized carbons (Fsp3) is 0. The zero-order valence-electron chi connectivity index (χ0n) is 35.3. The van der Waals surface area contributed by atoms with E-state index in [1.165, 1.54) is 9.13 Å². The molecule has 11 rings (SSSR count). The van der Waals surface area contributed by atoms with Gasteiger partial charge in [0.25, 0.3) is 0 Å². The number of rotatable bonds is 4. The van der Waals surface area contributed by atoms with E-state index in [4.69, 9.17) is 140 Å². The topological polar surface area (TPSA) is 53.5 Å². The van der Waals surface area contributed by atoms with Crippen molar-refractivity contribution < 1.29 is 0 Å². The number of fused-ring (bicyclic) bond motifs is 9. The lowest BCUT2D eigenvalue weighted by Crippen LogP contribution is -2.49. The van der Waals surface area contributed by atoms with Crippen LogP contribution < -0.4 is 87.4 Å². The smallest absolute Gasteiger partial charge is 0.240 e. The van der Waals surface area contributed by atoms with Gasteiger partial charge in [0.15, 0.2) is 5.82 Å². The summed E-state index contributed by atoms with van der Waals surface area (Å²) in [4.78, 5) is 15.6. The molecule has 67 heavy (non-hydrogen) atoms. The summed E-state index contributed by atoms with van der Waals surface area (Å²) in [6.07, 6.45) is 0. The van der Waals surface area contributed by atoms with Crippen molar-refractivity contribution >= 4 is 278 Å². The Hall–Kier alpha value is -6.01. The van der Waals surface area contributed by atoms with Crippen LogP contribution in [0.15, 0.2) is 72.8 Å². The molecule has 7 aromatic carbocycles. The minimum atomic E-state index is -0.109. The molecule has 0 bridgehead atoms. The Kier molecular flexibility index (Phi) is 9.91. The highest BCUT2D eigenvalue weighted by molar-refractivity contribution is 6.73. The highest BCUT2D eigenvalue weighted by Gasteiger charge is 2.29. The van der Waals surface area contributed by atoms with Gasteiger partial charge in [0.2, 0.25) is 11.9 Å². The van der Waals surface area contributed by atoms with Crippen LogP contribution in [0.2, 0.25) is 0 Å². The average Bonchev–Trinajstić information content (AvgIpc) is 4.01. The molecular formula is C45H12B16N6. The van der Waals surface area contributed by atoms with Gasteiger partial charge in [0.1, 0.15) is 126 Å². The normalized spacial score (nSPS) is 11.9. The largest absolute Gasteiger partial charge is 0.309 e. The Bertz CT molecular complexity index is 3690. The van der Waals surface area contributed by atoms with E-state index in [2.05, 4.69) is 16.7 Å². The zero-order valence-corrected chi connectivity index (χ0v) is 35.3. The second-order valence-corrected chi connectivity index (χ2v) is 16.3. The maximum Gasteiger partial charge on any atom is 0.240 e. The van der Waals surface area contributed by atoms with Crippen molar-refractivity contribution in [3.63, 3.8) is 0 Å². The molecule has 0 aliphatic heterocycles.